The third-order valence-electron chi connectivity index (χ3n) is 1.58. The minimum Gasteiger partial charge on any atom is -0.158 e. The van der Waals surface area contributed by atoms with Gasteiger partial charge in [0.1, 0.15) is 0 Å². The zero-order valence-corrected chi connectivity index (χ0v) is 8.29. The summed E-state index contributed by atoms with van der Waals surface area (Å²) in [5.41, 5.74) is 0. The van der Waals surface area contributed by atoms with Crippen LogP contribution in [0.2, 0.25) is 0 Å². The molecule has 0 aromatic heterocycles. The van der Waals surface area contributed by atoms with E-state index in [1.54, 1.807) is 0 Å². The Kier molecular flexibility index (Phi) is 4.87. The van der Waals surface area contributed by atoms with Gasteiger partial charge in [0.2, 0.25) is 0 Å². The summed E-state index contributed by atoms with van der Waals surface area (Å²) >= 11 is 3.94. The van der Waals surface area contributed by atoms with E-state index < -0.39 is 0 Å². The molecule has 1 unspecified atom stereocenters. The number of hydrogen-bond donors (Lipinski definition) is 0. The molecule has 0 radical (unpaired) electrons. The molecule has 1 heterocycles. The van der Waals surface area contributed by atoms with Gasteiger partial charge in [0.15, 0.2) is 0 Å². The number of thioether (sulfide) groups is 2. The van der Waals surface area contributed by atoms with E-state index in [4.69, 9.17) is 0 Å². The Bertz CT molecular complexity index is 140. The van der Waals surface area contributed by atoms with Crippen LogP contribution in [0.25, 0.3) is 0 Å². The van der Waals surface area contributed by atoms with Crippen LogP contribution in [-0.2, 0) is 0 Å². The maximum absolute atomic E-state index is 3.70. The monoisotopic (exact) mass is 186 g/mol. The molecular formula is C9H14S2. The molecule has 62 valence electrons. The number of hydrogen-bond acceptors (Lipinski definition) is 2. The summed E-state index contributed by atoms with van der Waals surface area (Å²) in [7, 11) is 0. The lowest BCUT2D eigenvalue weighted by atomic mass is 10.1. The summed E-state index contributed by atoms with van der Waals surface area (Å²) in [5.74, 6) is 4.60. The van der Waals surface area contributed by atoms with Crippen molar-refractivity contribution in [1.82, 2.24) is 0 Å². The standard InChI is InChI=1S/C9H14S2/c1-2-5-10-7-9-4-3-6-11-8-9/h2-3,6,9H,1,4-5,7-8H2. The van der Waals surface area contributed by atoms with Crippen LogP contribution in [-0.4, -0.2) is 17.3 Å². The first kappa shape index (κ1) is 9.27. The zero-order chi connectivity index (χ0) is 7.94. The highest BCUT2D eigenvalue weighted by Gasteiger charge is 2.08. The van der Waals surface area contributed by atoms with Gasteiger partial charge in [-0.3, -0.25) is 0 Å². The van der Waals surface area contributed by atoms with Crippen molar-refractivity contribution in [2.24, 2.45) is 5.92 Å². The van der Waals surface area contributed by atoms with Gasteiger partial charge in [0, 0.05) is 11.5 Å². The fourth-order valence-electron chi connectivity index (χ4n) is 1.01. The average Bonchev–Trinajstić information content (AvgIpc) is 2.07. The highest BCUT2D eigenvalue weighted by Crippen LogP contribution is 2.23. The Balaban J connectivity index is 2.06. The maximum Gasteiger partial charge on any atom is 0.0110 e. The van der Waals surface area contributed by atoms with E-state index in [9.17, 15) is 0 Å². The largest absolute Gasteiger partial charge is 0.158 e. The Labute approximate surface area is 77.5 Å². The topological polar surface area (TPSA) is 0 Å². The molecule has 0 aliphatic carbocycles. The van der Waals surface area contributed by atoms with Crippen molar-refractivity contribution >= 4 is 23.5 Å². The predicted molar refractivity (Wildman–Crippen MR) is 57.2 cm³/mol. The van der Waals surface area contributed by atoms with Gasteiger partial charge in [0.05, 0.1) is 0 Å². The van der Waals surface area contributed by atoms with Crippen LogP contribution in [0.1, 0.15) is 6.42 Å². The smallest absolute Gasteiger partial charge is 0.0110 e. The minimum absolute atomic E-state index is 0.898. The van der Waals surface area contributed by atoms with Gasteiger partial charge < -0.3 is 0 Å². The van der Waals surface area contributed by atoms with Crippen molar-refractivity contribution in [1.29, 1.82) is 0 Å². The van der Waals surface area contributed by atoms with Gasteiger partial charge >= 0.3 is 0 Å². The van der Waals surface area contributed by atoms with Crippen LogP contribution < -0.4 is 0 Å². The minimum atomic E-state index is 0.898. The molecule has 0 bridgehead atoms. The summed E-state index contributed by atoms with van der Waals surface area (Å²) < 4.78 is 0. The van der Waals surface area contributed by atoms with Crippen molar-refractivity contribution < 1.29 is 0 Å². The molecule has 1 atom stereocenters. The summed E-state index contributed by atoms with van der Waals surface area (Å²) in [6.45, 7) is 3.70. The van der Waals surface area contributed by atoms with Crippen molar-refractivity contribution in [3.63, 3.8) is 0 Å². The van der Waals surface area contributed by atoms with E-state index in [1.807, 2.05) is 29.6 Å². The zero-order valence-electron chi connectivity index (χ0n) is 6.66. The van der Waals surface area contributed by atoms with E-state index in [-0.39, 0.29) is 0 Å². The molecule has 0 amide bonds. The van der Waals surface area contributed by atoms with Gasteiger partial charge in [-0.25, -0.2) is 0 Å². The molecular weight excluding hydrogens is 172 g/mol. The van der Waals surface area contributed by atoms with Crippen molar-refractivity contribution in [3.8, 4) is 0 Å². The molecule has 0 nitrogen and oxygen atoms in total. The molecule has 0 saturated heterocycles. The van der Waals surface area contributed by atoms with E-state index in [0.717, 1.165) is 11.7 Å². The molecule has 0 aromatic rings. The SMILES string of the molecule is C=CCSCC1CC=CSC1. The Hall–Kier alpha value is 0.180. The van der Waals surface area contributed by atoms with E-state index in [1.165, 1.54) is 17.9 Å². The van der Waals surface area contributed by atoms with Crippen molar-refractivity contribution in [2.45, 2.75) is 6.42 Å². The summed E-state index contributed by atoms with van der Waals surface area (Å²) in [6, 6.07) is 0. The molecule has 2 heteroatoms. The molecule has 1 rings (SSSR count). The molecule has 0 saturated carbocycles. The lowest BCUT2D eigenvalue weighted by molar-refractivity contribution is 0.685. The second-order valence-corrected chi connectivity index (χ2v) is 4.65. The van der Waals surface area contributed by atoms with Gasteiger partial charge in [0.25, 0.3) is 0 Å². The molecule has 0 N–H and O–H groups in total. The predicted octanol–water partition coefficient (Wildman–Crippen LogP) is 3.17. The average molecular weight is 186 g/mol. The van der Waals surface area contributed by atoms with Crippen LogP contribution in [0.15, 0.2) is 24.1 Å². The van der Waals surface area contributed by atoms with E-state index in [0.29, 0.717) is 0 Å². The Morgan fingerprint density at radius 3 is 3.27 bits per heavy atom. The second-order valence-electron chi connectivity index (χ2n) is 2.63. The highest BCUT2D eigenvalue weighted by atomic mass is 32.2. The Morgan fingerprint density at radius 2 is 2.64 bits per heavy atom. The molecule has 11 heavy (non-hydrogen) atoms. The van der Waals surface area contributed by atoms with Crippen molar-refractivity contribution in [3.05, 3.63) is 24.1 Å². The first-order chi connectivity index (χ1) is 5.43. The van der Waals surface area contributed by atoms with Crippen molar-refractivity contribution in [2.75, 3.05) is 17.3 Å². The van der Waals surface area contributed by atoms with Gasteiger partial charge in [-0.2, -0.15) is 11.8 Å². The first-order valence-corrected chi connectivity index (χ1v) is 6.09. The van der Waals surface area contributed by atoms with Crippen LogP contribution in [0, 0.1) is 5.92 Å². The number of rotatable bonds is 4. The third-order valence-corrected chi connectivity index (χ3v) is 3.81. The quantitative estimate of drug-likeness (QED) is 0.488. The molecule has 0 fully saturated rings. The van der Waals surface area contributed by atoms with Crippen LogP contribution in [0.3, 0.4) is 0 Å². The number of allylic oxidation sites excluding steroid dienone is 1. The van der Waals surface area contributed by atoms with Gasteiger partial charge in [-0.15, -0.1) is 18.3 Å². The van der Waals surface area contributed by atoms with Crippen LogP contribution >= 0.6 is 23.5 Å². The first-order valence-electron chi connectivity index (χ1n) is 3.88. The fourth-order valence-corrected chi connectivity index (χ4v) is 2.93. The fraction of sp³-hybridized carbons (Fsp3) is 0.556. The van der Waals surface area contributed by atoms with Gasteiger partial charge in [-0.1, -0.05) is 12.2 Å². The molecule has 0 spiro atoms. The maximum atomic E-state index is 3.70. The third kappa shape index (κ3) is 3.92. The summed E-state index contributed by atoms with van der Waals surface area (Å²) in [4.78, 5) is 0. The highest BCUT2D eigenvalue weighted by molar-refractivity contribution is 8.02. The van der Waals surface area contributed by atoms with E-state index in [2.05, 4.69) is 18.1 Å². The van der Waals surface area contributed by atoms with E-state index >= 15 is 0 Å². The lowest BCUT2D eigenvalue weighted by Crippen LogP contribution is -2.08. The van der Waals surface area contributed by atoms with Gasteiger partial charge in [-0.05, 0) is 23.5 Å². The summed E-state index contributed by atoms with van der Waals surface area (Å²) in [5, 5.41) is 2.22. The molecule has 1 aliphatic heterocycles. The lowest BCUT2D eigenvalue weighted by Gasteiger charge is -2.15. The van der Waals surface area contributed by atoms with Crippen LogP contribution in [0.4, 0.5) is 0 Å². The summed E-state index contributed by atoms with van der Waals surface area (Å²) in [6.07, 6.45) is 5.54. The molecule has 0 aromatic carbocycles. The Morgan fingerprint density at radius 1 is 1.73 bits per heavy atom. The normalized spacial score (nSPS) is 23.5. The second kappa shape index (κ2) is 5.78. The van der Waals surface area contributed by atoms with Crippen LogP contribution in [0.5, 0.6) is 0 Å². The molecule has 1 aliphatic rings.